The molecule has 1 nitrogen and oxygen atoms in total. The molecule has 19 heavy (non-hydrogen) atoms. The standard InChI is InChI=1S/C11H10ClF6N/c12-8-3-2-7(11(16,17)18)6-9(8)19-5-1-4-10(13,14)15/h2-3,6,19H,1,4-5H2. The van der Waals surface area contributed by atoms with Gasteiger partial charge in [0.1, 0.15) is 0 Å². The average molecular weight is 306 g/mol. The van der Waals surface area contributed by atoms with Gasteiger partial charge < -0.3 is 5.32 Å². The second-order valence-corrected chi connectivity index (χ2v) is 4.25. The molecular weight excluding hydrogens is 296 g/mol. The van der Waals surface area contributed by atoms with Crippen molar-refractivity contribution in [2.45, 2.75) is 25.2 Å². The Kier molecular flexibility index (Phi) is 4.95. The maximum Gasteiger partial charge on any atom is 0.416 e. The van der Waals surface area contributed by atoms with E-state index in [1.165, 1.54) is 0 Å². The van der Waals surface area contributed by atoms with E-state index in [9.17, 15) is 26.3 Å². The van der Waals surface area contributed by atoms with Crippen LogP contribution in [0, 0.1) is 0 Å². The van der Waals surface area contributed by atoms with Crippen molar-refractivity contribution in [2.75, 3.05) is 11.9 Å². The van der Waals surface area contributed by atoms with Gasteiger partial charge in [-0.3, -0.25) is 0 Å². The molecule has 1 aromatic rings. The molecule has 1 aromatic carbocycles. The number of rotatable bonds is 4. The Hall–Kier alpha value is -1.11. The summed E-state index contributed by atoms with van der Waals surface area (Å²) in [6, 6.07) is 2.63. The molecule has 0 aromatic heterocycles. The Bertz CT molecular complexity index is 426. The molecule has 8 heteroatoms. The molecule has 0 radical (unpaired) electrons. The van der Waals surface area contributed by atoms with Gasteiger partial charge in [-0.05, 0) is 24.6 Å². The summed E-state index contributed by atoms with van der Waals surface area (Å²) >= 11 is 5.66. The minimum Gasteiger partial charge on any atom is -0.384 e. The van der Waals surface area contributed by atoms with Crippen LogP contribution < -0.4 is 5.32 Å². The highest BCUT2D eigenvalue weighted by Gasteiger charge is 2.31. The summed E-state index contributed by atoms with van der Waals surface area (Å²) in [5.41, 5.74) is -0.936. The smallest absolute Gasteiger partial charge is 0.384 e. The first kappa shape index (κ1) is 15.9. The van der Waals surface area contributed by atoms with E-state index >= 15 is 0 Å². The lowest BCUT2D eigenvalue weighted by Gasteiger charge is -2.12. The summed E-state index contributed by atoms with van der Waals surface area (Å²) in [5.74, 6) is 0. The van der Waals surface area contributed by atoms with Crippen LogP contribution in [-0.4, -0.2) is 12.7 Å². The molecule has 0 spiro atoms. The van der Waals surface area contributed by atoms with Crippen molar-refractivity contribution in [1.29, 1.82) is 0 Å². The molecule has 1 rings (SSSR count). The summed E-state index contributed by atoms with van der Waals surface area (Å²) in [7, 11) is 0. The van der Waals surface area contributed by atoms with Gasteiger partial charge in [-0.1, -0.05) is 11.6 Å². The summed E-state index contributed by atoms with van der Waals surface area (Å²) in [5, 5.41) is 2.49. The Labute approximate surface area is 110 Å². The van der Waals surface area contributed by atoms with Gasteiger partial charge in [0.15, 0.2) is 0 Å². The van der Waals surface area contributed by atoms with E-state index in [0.717, 1.165) is 18.2 Å². The van der Waals surface area contributed by atoms with Crippen LogP contribution >= 0.6 is 11.6 Å². The van der Waals surface area contributed by atoms with Crippen LogP contribution in [0.5, 0.6) is 0 Å². The van der Waals surface area contributed by atoms with Gasteiger partial charge in [0.05, 0.1) is 16.3 Å². The van der Waals surface area contributed by atoms with E-state index < -0.39 is 24.3 Å². The Morgan fingerprint density at radius 2 is 1.68 bits per heavy atom. The van der Waals surface area contributed by atoms with E-state index in [2.05, 4.69) is 5.32 Å². The fraction of sp³-hybridized carbons (Fsp3) is 0.455. The van der Waals surface area contributed by atoms with E-state index in [1.807, 2.05) is 0 Å². The van der Waals surface area contributed by atoms with Crippen molar-refractivity contribution in [3.8, 4) is 0 Å². The van der Waals surface area contributed by atoms with Crippen molar-refractivity contribution in [3.63, 3.8) is 0 Å². The molecule has 0 atom stereocenters. The van der Waals surface area contributed by atoms with Crippen molar-refractivity contribution in [2.24, 2.45) is 0 Å². The summed E-state index contributed by atoms with van der Waals surface area (Å²) < 4.78 is 72.9. The molecule has 0 aliphatic rings. The Morgan fingerprint density at radius 3 is 2.21 bits per heavy atom. The highest BCUT2D eigenvalue weighted by molar-refractivity contribution is 6.33. The predicted octanol–water partition coefficient (Wildman–Crippen LogP) is 5.11. The minimum atomic E-state index is -4.52. The maximum atomic E-state index is 12.4. The lowest BCUT2D eigenvalue weighted by molar-refractivity contribution is -0.137. The van der Waals surface area contributed by atoms with Gasteiger partial charge in [0, 0.05) is 13.0 Å². The van der Waals surface area contributed by atoms with E-state index in [1.54, 1.807) is 0 Å². The maximum absolute atomic E-state index is 12.4. The summed E-state index contributed by atoms with van der Waals surface area (Å²) in [6.07, 6.45) is -10.0. The van der Waals surface area contributed by atoms with Crippen LogP contribution in [-0.2, 0) is 6.18 Å². The number of hydrogen-bond acceptors (Lipinski definition) is 1. The monoisotopic (exact) mass is 305 g/mol. The van der Waals surface area contributed by atoms with Crippen LogP contribution in [0.2, 0.25) is 5.02 Å². The number of benzene rings is 1. The third kappa shape index (κ3) is 5.59. The zero-order chi connectivity index (χ0) is 14.7. The van der Waals surface area contributed by atoms with E-state index in [-0.39, 0.29) is 23.7 Å². The molecule has 0 unspecified atom stereocenters. The van der Waals surface area contributed by atoms with Gasteiger partial charge >= 0.3 is 12.4 Å². The van der Waals surface area contributed by atoms with Gasteiger partial charge in [-0.25, -0.2) is 0 Å². The topological polar surface area (TPSA) is 12.0 Å². The van der Waals surface area contributed by atoms with Crippen LogP contribution in [0.3, 0.4) is 0 Å². The lowest BCUT2D eigenvalue weighted by Crippen LogP contribution is -2.12. The first-order valence-corrected chi connectivity index (χ1v) is 5.65. The van der Waals surface area contributed by atoms with E-state index in [4.69, 9.17) is 11.6 Å². The number of anilines is 1. The number of alkyl halides is 6. The highest BCUT2D eigenvalue weighted by Crippen LogP contribution is 2.33. The molecule has 0 saturated carbocycles. The average Bonchev–Trinajstić information content (AvgIpc) is 2.23. The molecule has 0 heterocycles. The first-order valence-electron chi connectivity index (χ1n) is 5.27. The van der Waals surface area contributed by atoms with Crippen molar-refractivity contribution < 1.29 is 26.3 Å². The second kappa shape index (κ2) is 5.90. The zero-order valence-electron chi connectivity index (χ0n) is 9.50. The van der Waals surface area contributed by atoms with Crippen LogP contribution in [0.15, 0.2) is 18.2 Å². The largest absolute Gasteiger partial charge is 0.416 e. The Balaban J connectivity index is 2.63. The number of halogens is 7. The van der Waals surface area contributed by atoms with Gasteiger partial charge in [-0.2, -0.15) is 26.3 Å². The predicted molar refractivity (Wildman–Crippen MR) is 60.2 cm³/mol. The third-order valence-corrected chi connectivity index (χ3v) is 2.58. The lowest BCUT2D eigenvalue weighted by atomic mass is 10.2. The SMILES string of the molecule is FC(F)(F)CCCNc1cc(C(F)(F)F)ccc1Cl. The normalized spacial score (nSPS) is 12.6. The van der Waals surface area contributed by atoms with Crippen LogP contribution in [0.25, 0.3) is 0 Å². The molecular formula is C11H10ClF6N. The highest BCUT2D eigenvalue weighted by atomic mass is 35.5. The summed E-state index contributed by atoms with van der Waals surface area (Å²) in [6.45, 7) is -0.111. The van der Waals surface area contributed by atoms with Crippen molar-refractivity contribution in [3.05, 3.63) is 28.8 Å². The minimum absolute atomic E-state index is 0.0278. The molecule has 0 amide bonds. The van der Waals surface area contributed by atoms with Gasteiger partial charge in [0.2, 0.25) is 0 Å². The second-order valence-electron chi connectivity index (χ2n) is 3.84. The third-order valence-electron chi connectivity index (χ3n) is 2.25. The fourth-order valence-electron chi connectivity index (χ4n) is 1.35. The molecule has 0 saturated heterocycles. The van der Waals surface area contributed by atoms with Crippen molar-refractivity contribution >= 4 is 17.3 Å². The van der Waals surface area contributed by atoms with E-state index in [0.29, 0.717) is 0 Å². The molecule has 108 valence electrons. The molecule has 0 aliphatic heterocycles. The molecule has 0 bridgehead atoms. The summed E-state index contributed by atoms with van der Waals surface area (Å²) in [4.78, 5) is 0. The molecule has 0 fully saturated rings. The molecule has 0 aliphatic carbocycles. The van der Waals surface area contributed by atoms with Crippen LogP contribution in [0.1, 0.15) is 18.4 Å². The van der Waals surface area contributed by atoms with Gasteiger partial charge in [-0.15, -0.1) is 0 Å². The quantitative estimate of drug-likeness (QED) is 0.602. The zero-order valence-corrected chi connectivity index (χ0v) is 10.3. The van der Waals surface area contributed by atoms with Crippen molar-refractivity contribution in [1.82, 2.24) is 0 Å². The number of hydrogen-bond donors (Lipinski definition) is 1. The molecule has 1 N–H and O–H groups in total. The first-order chi connectivity index (χ1) is 8.59. The Morgan fingerprint density at radius 1 is 1.05 bits per heavy atom. The van der Waals surface area contributed by atoms with Crippen LogP contribution in [0.4, 0.5) is 32.0 Å². The fourth-order valence-corrected chi connectivity index (χ4v) is 1.53. The van der Waals surface area contributed by atoms with Gasteiger partial charge in [0.25, 0.3) is 0 Å². The number of nitrogens with one attached hydrogen (secondary N) is 1.